The summed E-state index contributed by atoms with van der Waals surface area (Å²) in [6.45, 7) is 1.82. The van der Waals surface area contributed by atoms with Crippen molar-refractivity contribution in [3.05, 3.63) is 61.5 Å². The van der Waals surface area contributed by atoms with Crippen LogP contribution in [0.2, 0.25) is 5.02 Å². The first-order valence-corrected chi connectivity index (χ1v) is 9.73. The molecule has 0 radical (unpaired) electrons. The lowest BCUT2D eigenvalue weighted by molar-refractivity contribution is -0.145. The zero-order valence-corrected chi connectivity index (χ0v) is 18.1. The highest BCUT2D eigenvalue weighted by atomic mass is 79.9. The van der Waals surface area contributed by atoms with Gasteiger partial charge in [0.05, 0.1) is 21.8 Å². The van der Waals surface area contributed by atoms with Crippen molar-refractivity contribution >= 4 is 61.6 Å². The molecule has 0 spiro atoms. The van der Waals surface area contributed by atoms with Gasteiger partial charge in [0, 0.05) is 10.6 Å². The van der Waals surface area contributed by atoms with E-state index in [-0.39, 0.29) is 12.5 Å². The average molecular weight is 519 g/mol. The van der Waals surface area contributed by atoms with Crippen molar-refractivity contribution in [2.45, 2.75) is 6.92 Å². The summed E-state index contributed by atoms with van der Waals surface area (Å²) in [6, 6.07) is 9.95. The Bertz CT molecular complexity index is 834. The van der Waals surface area contributed by atoms with Crippen LogP contribution in [0, 0.1) is 0 Å². The summed E-state index contributed by atoms with van der Waals surface area (Å²) in [7, 11) is 0. The second kappa shape index (κ2) is 10.4. The van der Waals surface area contributed by atoms with Gasteiger partial charge in [-0.05, 0) is 80.7 Å². The molecule has 0 aliphatic rings. The normalized spacial score (nSPS) is 10.7. The lowest BCUT2D eigenvalue weighted by Crippen LogP contribution is -2.17. The van der Waals surface area contributed by atoms with E-state index in [4.69, 9.17) is 21.1 Å². The van der Waals surface area contributed by atoms with Crippen LogP contribution in [0.15, 0.2) is 50.4 Å². The summed E-state index contributed by atoms with van der Waals surface area (Å²) in [5, 5.41) is 4.49. The molecule has 1 amide bonds. The van der Waals surface area contributed by atoms with Gasteiger partial charge < -0.3 is 9.47 Å². The number of ether oxygens (including phenoxy) is 2. The summed E-state index contributed by atoms with van der Waals surface area (Å²) in [6.07, 6.45) is 1.48. The largest absolute Gasteiger partial charge is 0.480 e. The van der Waals surface area contributed by atoms with Gasteiger partial charge in [0.1, 0.15) is 5.75 Å². The first kappa shape index (κ1) is 21.4. The fourth-order valence-electron chi connectivity index (χ4n) is 1.96. The van der Waals surface area contributed by atoms with Gasteiger partial charge in [-0.25, -0.2) is 10.2 Å². The lowest BCUT2D eigenvalue weighted by atomic mass is 10.2. The molecule has 0 saturated carbocycles. The van der Waals surface area contributed by atoms with Crippen molar-refractivity contribution in [2.75, 3.05) is 13.2 Å². The van der Waals surface area contributed by atoms with Crippen LogP contribution in [0.5, 0.6) is 5.75 Å². The third-order valence-corrected chi connectivity index (χ3v) is 4.58. The molecule has 6 nitrogen and oxygen atoms in total. The molecule has 0 unspecified atom stereocenters. The van der Waals surface area contributed by atoms with E-state index in [1.807, 2.05) is 0 Å². The number of benzene rings is 2. The van der Waals surface area contributed by atoms with Crippen molar-refractivity contribution in [1.82, 2.24) is 5.43 Å². The van der Waals surface area contributed by atoms with E-state index in [0.29, 0.717) is 37.5 Å². The number of halogens is 3. The molecule has 9 heteroatoms. The molecule has 2 aromatic carbocycles. The number of nitrogens with one attached hydrogen (secondary N) is 1. The summed E-state index contributed by atoms with van der Waals surface area (Å²) in [5.41, 5.74) is 3.59. The molecule has 0 fully saturated rings. The van der Waals surface area contributed by atoms with Crippen molar-refractivity contribution in [3.63, 3.8) is 0 Å². The smallest absolute Gasteiger partial charge is 0.344 e. The maximum Gasteiger partial charge on any atom is 0.344 e. The Morgan fingerprint density at radius 2 is 1.81 bits per heavy atom. The highest BCUT2D eigenvalue weighted by Crippen LogP contribution is 2.34. The Morgan fingerprint density at radius 1 is 1.19 bits per heavy atom. The minimum absolute atomic E-state index is 0.199. The van der Waals surface area contributed by atoms with E-state index in [0.717, 1.165) is 0 Å². The minimum atomic E-state index is -0.452. The van der Waals surface area contributed by atoms with E-state index in [1.165, 1.54) is 6.21 Å². The Morgan fingerprint density at radius 3 is 2.41 bits per heavy atom. The number of amides is 1. The zero-order valence-electron chi connectivity index (χ0n) is 14.2. The van der Waals surface area contributed by atoms with Gasteiger partial charge in [-0.3, -0.25) is 4.79 Å². The molecule has 27 heavy (non-hydrogen) atoms. The predicted molar refractivity (Wildman–Crippen MR) is 110 cm³/mol. The van der Waals surface area contributed by atoms with E-state index in [9.17, 15) is 9.59 Å². The predicted octanol–water partition coefficient (Wildman–Crippen LogP) is 4.57. The van der Waals surface area contributed by atoms with Crippen molar-refractivity contribution in [3.8, 4) is 5.75 Å². The first-order chi connectivity index (χ1) is 12.9. The van der Waals surface area contributed by atoms with Crippen LogP contribution in [0.1, 0.15) is 22.8 Å². The number of carbonyl (C=O) groups is 2. The highest BCUT2D eigenvalue weighted by molar-refractivity contribution is 9.11. The Hall–Kier alpha value is -1.90. The quantitative estimate of drug-likeness (QED) is 0.331. The SMILES string of the molecule is CCOC(=O)COc1c(Br)cc(/C=N\NC(=O)c2ccc(Cl)cc2)cc1Br. The van der Waals surface area contributed by atoms with Crippen LogP contribution in [-0.4, -0.2) is 31.3 Å². The number of hydrogen-bond donors (Lipinski definition) is 1. The molecule has 0 saturated heterocycles. The number of hydrazone groups is 1. The Kier molecular flexibility index (Phi) is 8.27. The Labute approximate surface area is 178 Å². The first-order valence-electron chi connectivity index (χ1n) is 7.77. The molecule has 0 heterocycles. The monoisotopic (exact) mass is 516 g/mol. The standard InChI is InChI=1S/C18H15Br2ClN2O4/c1-2-26-16(24)10-27-17-14(19)7-11(8-15(17)20)9-22-23-18(25)12-3-5-13(21)6-4-12/h3-9H,2,10H2,1H3,(H,23,25)/b22-9-. The minimum Gasteiger partial charge on any atom is -0.480 e. The molecule has 0 aliphatic carbocycles. The third kappa shape index (κ3) is 6.64. The number of hydrogen-bond acceptors (Lipinski definition) is 5. The van der Waals surface area contributed by atoms with Crippen molar-refractivity contribution < 1.29 is 19.1 Å². The van der Waals surface area contributed by atoms with Crippen LogP contribution in [0.4, 0.5) is 0 Å². The van der Waals surface area contributed by atoms with Crippen LogP contribution in [0.3, 0.4) is 0 Å². The number of esters is 1. The van der Waals surface area contributed by atoms with Gasteiger partial charge in [0.25, 0.3) is 5.91 Å². The van der Waals surface area contributed by atoms with E-state index >= 15 is 0 Å². The summed E-state index contributed by atoms with van der Waals surface area (Å²) < 4.78 is 11.5. The summed E-state index contributed by atoms with van der Waals surface area (Å²) in [5.74, 6) is -0.340. The number of nitrogens with zero attached hydrogens (tertiary/aromatic N) is 1. The average Bonchev–Trinajstić information content (AvgIpc) is 2.61. The zero-order chi connectivity index (χ0) is 19.8. The lowest BCUT2D eigenvalue weighted by Gasteiger charge is -2.10. The van der Waals surface area contributed by atoms with Crippen LogP contribution in [-0.2, 0) is 9.53 Å². The molecule has 0 aliphatic heterocycles. The molecule has 2 rings (SSSR count). The van der Waals surface area contributed by atoms with E-state index in [1.54, 1.807) is 43.3 Å². The molecular formula is C18H15Br2ClN2O4. The highest BCUT2D eigenvalue weighted by Gasteiger charge is 2.11. The number of rotatable bonds is 7. The maximum absolute atomic E-state index is 12.0. The van der Waals surface area contributed by atoms with Crippen LogP contribution < -0.4 is 10.2 Å². The summed E-state index contributed by atoms with van der Waals surface area (Å²) in [4.78, 5) is 23.4. The maximum atomic E-state index is 12.0. The molecule has 2 aromatic rings. The van der Waals surface area contributed by atoms with Crippen LogP contribution in [0.25, 0.3) is 0 Å². The van der Waals surface area contributed by atoms with E-state index < -0.39 is 5.97 Å². The van der Waals surface area contributed by atoms with Gasteiger partial charge in [0.2, 0.25) is 0 Å². The second-order valence-corrected chi connectivity index (χ2v) is 7.26. The van der Waals surface area contributed by atoms with Gasteiger partial charge in [-0.2, -0.15) is 5.10 Å². The molecule has 0 bridgehead atoms. The molecule has 0 aromatic heterocycles. The Balaban J connectivity index is 2.00. The second-order valence-electron chi connectivity index (χ2n) is 5.11. The molecule has 142 valence electrons. The van der Waals surface area contributed by atoms with Crippen LogP contribution >= 0.6 is 43.5 Å². The molecule has 1 N–H and O–H groups in total. The molecule has 0 atom stereocenters. The fraction of sp³-hybridized carbons (Fsp3) is 0.167. The van der Waals surface area contributed by atoms with Crippen molar-refractivity contribution in [1.29, 1.82) is 0 Å². The number of carbonyl (C=O) groups excluding carboxylic acids is 2. The fourth-order valence-corrected chi connectivity index (χ4v) is 3.53. The topological polar surface area (TPSA) is 77.0 Å². The van der Waals surface area contributed by atoms with Crippen molar-refractivity contribution in [2.24, 2.45) is 5.10 Å². The summed E-state index contributed by atoms with van der Waals surface area (Å²) >= 11 is 12.6. The van der Waals surface area contributed by atoms with Gasteiger partial charge in [-0.1, -0.05) is 11.6 Å². The van der Waals surface area contributed by atoms with Gasteiger partial charge in [0.15, 0.2) is 6.61 Å². The van der Waals surface area contributed by atoms with E-state index in [2.05, 4.69) is 42.4 Å². The van der Waals surface area contributed by atoms with Gasteiger partial charge in [-0.15, -0.1) is 0 Å². The van der Waals surface area contributed by atoms with Gasteiger partial charge >= 0.3 is 5.97 Å². The molecular weight excluding hydrogens is 503 g/mol. The third-order valence-electron chi connectivity index (χ3n) is 3.15.